The van der Waals surface area contributed by atoms with E-state index in [9.17, 15) is 14.3 Å². The van der Waals surface area contributed by atoms with Gasteiger partial charge in [-0.2, -0.15) is 0 Å². The van der Waals surface area contributed by atoms with Crippen LogP contribution in [0.4, 0.5) is 4.39 Å². The standard InChI is InChI=1S/C17H16BrFN2O3/c1-17(2,3)24-21-15(10-4-6-13(19)12(18)8-10)16-14(23)7-5-11(9-22)20-16/h4-9,23H,1-3H3/b21-15-. The minimum atomic E-state index is -0.583. The Kier molecular flexibility index (Phi) is 5.33. The highest BCUT2D eigenvalue weighted by molar-refractivity contribution is 9.10. The molecule has 0 radical (unpaired) electrons. The first-order valence-electron chi connectivity index (χ1n) is 7.08. The lowest BCUT2D eigenvalue weighted by Gasteiger charge is -2.17. The topological polar surface area (TPSA) is 71.8 Å². The number of carbonyl (C=O) groups is 1. The van der Waals surface area contributed by atoms with Gasteiger partial charge in [0.1, 0.15) is 34.3 Å². The second-order valence-corrected chi connectivity index (χ2v) is 6.85. The zero-order valence-corrected chi connectivity index (χ0v) is 15.0. The van der Waals surface area contributed by atoms with Crippen LogP contribution in [0.3, 0.4) is 0 Å². The Balaban J connectivity index is 2.63. The Morgan fingerprint density at radius 3 is 2.62 bits per heavy atom. The van der Waals surface area contributed by atoms with Gasteiger partial charge in [-0.15, -0.1) is 0 Å². The highest BCUT2D eigenvalue weighted by Gasteiger charge is 2.19. The number of nitrogens with zero attached hydrogens (tertiary/aromatic N) is 2. The van der Waals surface area contributed by atoms with Crippen molar-refractivity contribution in [3.8, 4) is 5.75 Å². The van der Waals surface area contributed by atoms with Gasteiger partial charge in [-0.1, -0.05) is 5.16 Å². The zero-order chi connectivity index (χ0) is 17.9. The van der Waals surface area contributed by atoms with E-state index in [2.05, 4.69) is 26.1 Å². The van der Waals surface area contributed by atoms with E-state index in [1.807, 2.05) is 20.8 Å². The summed E-state index contributed by atoms with van der Waals surface area (Å²) in [6, 6.07) is 6.97. The molecule has 1 N–H and O–H groups in total. The van der Waals surface area contributed by atoms with Crippen LogP contribution in [0.1, 0.15) is 42.5 Å². The van der Waals surface area contributed by atoms with Crippen molar-refractivity contribution in [3.05, 3.63) is 57.6 Å². The highest BCUT2D eigenvalue weighted by Crippen LogP contribution is 2.24. The van der Waals surface area contributed by atoms with Crippen LogP contribution < -0.4 is 0 Å². The minimum absolute atomic E-state index is 0.0716. The van der Waals surface area contributed by atoms with Gasteiger partial charge in [-0.3, -0.25) is 4.79 Å². The molecule has 5 nitrogen and oxygen atoms in total. The molecule has 0 spiro atoms. The van der Waals surface area contributed by atoms with Crippen LogP contribution in [0.25, 0.3) is 0 Å². The summed E-state index contributed by atoms with van der Waals surface area (Å²) in [6.45, 7) is 5.43. The lowest BCUT2D eigenvalue weighted by atomic mass is 10.1. The number of aromatic nitrogens is 1. The molecule has 0 fully saturated rings. The fraction of sp³-hybridized carbons (Fsp3) is 0.235. The Morgan fingerprint density at radius 1 is 1.33 bits per heavy atom. The average molecular weight is 395 g/mol. The number of rotatable bonds is 4. The number of aldehydes is 1. The van der Waals surface area contributed by atoms with Crippen LogP contribution in [0.2, 0.25) is 0 Å². The predicted molar refractivity (Wildman–Crippen MR) is 91.9 cm³/mol. The van der Waals surface area contributed by atoms with Crippen LogP contribution in [-0.4, -0.2) is 27.7 Å². The van der Waals surface area contributed by atoms with Gasteiger partial charge in [0.15, 0.2) is 6.29 Å². The fourth-order valence-electron chi connectivity index (χ4n) is 1.77. The van der Waals surface area contributed by atoms with Gasteiger partial charge < -0.3 is 9.94 Å². The van der Waals surface area contributed by atoms with E-state index in [0.29, 0.717) is 11.8 Å². The first-order valence-corrected chi connectivity index (χ1v) is 7.88. The van der Waals surface area contributed by atoms with E-state index >= 15 is 0 Å². The molecule has 0 aliphatic rings. The molecule has 0 unspecified atom stereocenters. The maximum Gasteiger partial charge on any atom is 0.168 e. The number of carbonyl (C=O) groups excluding carboxylic acids is 1. The van der Waals surface area contributed by atoms with E-state index in [-0.39, 0.29) is 27.3 Å². The van der Waals surface area contributed by atoms with Crippen molar-refractivity contribution in [2.24, 2.45) is 5.16 Å². The summed E-state index contributed by atoms with van der Waals surface area (Å²) < 4.78 is 13.7. The molecule has 0 saturated heterocycles. The van der Waals surface area contributed by atoms with Gasteiger partial charge in [-0.25, -0.2) is 9.37 Å². The maximum atomic E-state index is 13.5. The molecule has 1 aromatic heterocycles. The van der Waals surface area contributed by atoms with E-state index in [1.165, 1.54) is 30.3 Å². The van der Waals surface area contributed by atoms with Gasteiger partial charge in [0.05, 0.1) is 4.47 Å². The SMILES string of the molecule is CC(C)(C)O/N=C(/c1ccc(F)c(Br)c1)c1nc(C=O)ccc1O. The van der Waals surface area contributed by atoms with Crippen molar-refractivity contribution >= 4 is 27.9 Å². The summed E-state index contributed by atoms with van der Waals surface area (Å²) in [6.07, 6.45) is 0.561. The summed E-state index contributed by atoms with van der Waals surface area (Å²) in [4.78, 5) is 20.5. The van der Waals surface area contributed by atoms with Crippen molar-refractivity contribution < 1.29 is 19.1 Å². The molecule has 0 aliphatic carbocycles. The smallest absolute Gasteiger partial charge is 0.168 e. The van der Waals surface area contributed by atoms with Crippen LogP contribution >= 0.6 is 15.9 Å². The number of halogens is 2. The molecule has 0 saturated carbocycles. The fourth-order valence-corrected chi connectivity index (χ4v) is 2.14. The van der Waals surface area contributed by atoms with Crippen LogP contribution in [0.15, 0.2) is 40.0 Å². The minimum Gasteiger partial charge on any atom is -0.506 e. The molecular weight excluding hydrogens is 379 g/mol. The molecule has 2 aromatic rings. The van der Waals surface area contributed by atoms with Gasteiger partial charge in [0.25, 0.3) is 0 Å². The Hall–Kier alpha value is -2.28. The van der Waals surface area contributed by atoms with Crippen molar-refractivity contribution in [3.63, 3.8) is 0 Å². The van der Waals surface area contributed by atoms with Crippen LogP contribution in [0, 0.1) is 5.82 Å². The number of benzene rings is 1. The van der Waals surface area contributed by atoms with Gasteiger partial charge in [-0.05, 0) is 67.0 Å². The molecule has 24 heavy (non-hydrogen) atoms. The van der Waals surface area contributed by atoms with Crippen molar-refractivity contribution in [1.29, 1.82) is 0 Å². The quantitative estimate of drug-likeness (QED) is 0.481. The Bertz CT molecular complexity index is 801. The van der Waals surface area contributed by atoms with E-state index in [1.54, 1.807) is 0 Å². The third-order valence-corrected chi connectivity index (χ3v) is 3.45. The number of hydrogen-bond acceptors (Lipinski definition) is 5. The predicted octanol–water partition coefficient (Wildman–Crippen LogP) is 4.07. The zero-order valence-electron chi connectivity index (χ0n) is 13.4. The third kappa shape index (κ3) is 4.38. The maximum absolute atomic E-state index is 13.5. The third-order valence-electron chi connectivity index (χ3n) is 2.84. The monoisotopic (exact) mass is 394 g/mol. The first kappa shape index (κ1) is 18.1. The molecule has 0 amide bonds. The molecule has 0 aliphatic heterocycles. The summed E-state index contributed by atoms with van der Waals surface area (Å²) in [7, 11) is 0. The molecule has 7 heteroatoms. The lowest BCUT2D eigenvalue weighted by molar-refractivity contribution is 0.00110. The summed E-state index contributed by atoms with van der Waals surface area (Å²) >= 11 is 3.11. The molecular formula is C17H16BrFN2O3. The molecule has 2 rings (SSSR count). The number of hydrogen-bond donors (Lipinski definition) is 1. The summed E-state index contributed by atoms with van der Waals surface area (Å²) in [5, 5.41) is 14.2. The van der Waals surface area contributed by atoms with Gasteiger partial charge in [0.2, 0.25) is 0 Å². The van der Waals surface area contributed by atoms with E-state index < -0.39 is 11.4 Å². The Morgan fingerprint density at radius 2 is 2.04 bits per heavy atom. The van der Waals surface area contributed by atoms with E-state index in [4.69, 9.17) is 4.84 Å². The molecule has 0 bridgehead atoms. The average Bonchev–Trinajstić information content (AvgIpc) is 2.51. The number of oxime groups is 1. The molecule has 1 heterocycles. The van der Waals surface area contributed by atoms with E-state index in [0.717, 1.165) is 0 Å². The largest absolute Gasteiger partial charge is 0.506 e. The molecule has 1 aromatic carbocycles. The second kappa shape index (κ2) is 7.09. The second-order valence-electron chi connectivity index (χ2n) is 5.99. The lowest BCUT2D eigenvalue weighted by Crippen LogP contribution is -2.18. The highest BCUT2D eigenvalue weighted by atomic mass is 79.9. The van der Waals surface area contributed by atoms with Gasteiger partial charge in [0, 0.05) is 5.56 Å². The van der Waals surface area contributed by atoms with Gasteiger partial charge >= 0.3 is 0 Å². The van der Waals surface area contributed by atoms with Crippen molar-refractivity contribution in [2.45, 2.75) is 26.4 Å². The number of aromatic hydroxyl groups is 1. The normalized spacial score (nSPS) is 12.1. The van der Waals surface area contributed by atoms with Crippen LogP contribution in [-0.2, 0) is 4.84 Å². The summed E-state index contributed by atoms with van der Waals surface area (Å²) in [5.74, 6) is -0.606. The van der Waals surface area contributed by atoms with Crippen molar-refractivity contribution in [1.82, 2.24) is 4.98 Å². The number of pyridine rings is 1. The Labute approximate surface area is 147 Å². The molecule has 126 valence electrons. The summed E-state index contributed by atoms with van der Waals surface area (Å²) in [5.41, 5.74) is 0.278. The molecule has 0 atom stereocenters. The van der Waals surface area contributed by atoms with Crippen molar-refractivity contribution in [2.75, 3.05) is 0 Å². The first-order chi connectivity index (χ1) is 11.2. The van der Waals surface area contributed by atoms with Crippen LogP contribution in [0.5, 0.6) is 5.75 Å².